The summed E-state index contributed by atoms with van der Waals surface area (Å²) in [5.41, 5.74) is 0.259. The molecule has 8 heteroatoms. The SMILES string of the molecule is COc1ccc(C(=O)O[C@H](C)C(=O)Nc2cccnc2Cl)cc1F. The minimum absolute atomic E-state index is 0.00330. The number of halogens is 2. The average Bonchev–Trinajstić information content (AvgIpc) is 2.56. The van der Waals surface area contributed by atoms with Gasteiger partial charge in [-0.1, -0.05) is 11.6 Å². The number of amides is 1. The van der Waals surface area contributed by atoms with Crippen LogP contribution >= 0.6 is 11.6 Å². The fourth-order valence-electron chi connectivity index (χ4n) is 1.79. The van der Waals surface area contributed by atoms with Gasteiger partial charge in [0, 0.05) is 6.20 Å². The predicted octanol–water partition coefficient (Wildman–Crippen LogP) is 3.07. The Balaban J connectivity index is 2.02. The van der Waals surface area contributed by atoms with Crippen molar-refractivity contribution in [3.05, 3.63) is 53.1 Å². The summed E-state index contributed by atoms with van der Waals surface area (Å²) in [6.07, 6.45) is 0.360. The molecule has 1 aromatic heterocycles. The largest absolute Gasteiger partial charge is 0.494 e. The number of benzene rings is 1. The molecule has 0 saturated carbocycles. The second-order valence-corrected chi connectivity index (χ2v) is 5.09. The molecule has 2 rings (SSSR count). The number of aromatic nitrogens is 1. The molecule has 1 heterocycles. The van der Waals surface area contributed by atoms with Crippen LogP contribution < -0.4 is 10.1 Å². The van der Waals surface area contributed by atoms with Gasteiger partial charge in [-0.25, -0.2) is 14.2 Å². The highest BCUT2D eigenvalue weighted by Gasteiger charge is 2.20. The number of carbonyl (C=O) groups is 2. The monoisotopic (exact) mass is 352 g/mol. The summed E-state index contributed by atoms with van der Waals surface area (Å²) < 4.78 is 23.4. The standard InChI is InChI=1S/C16H14ClFN2O4/c1-9(15(21)20-12-4-3-7-19-14(12)17)24-16(22)10-5-6-13(23-2)11(18)8-10/h3-9H,1-2H3,(H,20,21)/t9-/m1/s1. The van der Waals surface area contributed by atoms with Gasteiger partial charge in [0.15, 0.2) is 22.8 Å². The van der Waals surface area contributed by atoms with E-state index in [0.717, 1.165) is 6.07 Å². The van der Waals surface area contributed by atoms with Gasteiger partial charge in [0.2, 0.25) is 0 Å². The zero-order valence-electron chi connectivity index (χ0n) is 12.9. The van der Waals surface area contributed by atoms with Gasteiger partial charge < -0.3 is 14.8 Å². The quantitative estimate of drug-likeness (QED) is 0.661. The van der Waals surface area contributed by atoms with Crippen molar-refractivity contribution < 1.29 is 23.5 Å². The summed E-state index contributed by atoms with van der Waals surface area (Å²) in [5.74, 6) is -2.13. The number of nitrogens with zero attached hydrogens (tertiary/aromatic N) is 1. The summed E-state index contributed by atoms with van der Waals surface area (Å²) in [4.78, 5) is 27.8. The molecule has 1 amide bonds. The van der Waals surface area contributed by atoms with Crippen LogP contribution in [-0.2, 0) is 9.53 Å². The Labute approximate surface area is 142 Å². The average molecular weight is 353 g/mol. The van der Waals surface area contributed by atoms with Crippen LogP contribution in [0.3, 0.4) is 0 Å². The number of nitrogens with one attached hydrogen (secondary N) is 1. The van der Waals surface area contributed by atoms with E-state index in [1.54, 1.807) is 12.1 Å². The van der Waals surface area contributed by atoms with Crippen LogP contribution in [0.25, 0.3) is 0 Å². The van der Waals surface area contributed by atoms with E-state index in [2.05, 4.69) is 10.3 Å². The van der Waals surface area contributed by atoms with Crippen molar-refractivity contribution >= 4 is 29.2 Å². The maximum atomic E-state index is 13.6. The van der Waals surface area contributed by atoms with E-state index in [9.17, 15) is 14.0 Å². The molecular weight excluding hydrogens is 339 g/mol. The summed E-state index contributed by atoms with van der Waals surface area (Å²) >= 11 is 5.83. The van der Waals surface area contributed by atoms with Crippen molar-refractivity contribution in [2.75, 3.05) is 12.4 Å². The molecule has 0 radical (unpaired) electrons. The van der Waals surface area contributed by atoms with Crippen LogP contribution in [0.1, 0.15) is 17.3 Å². The van der Waals surface area contributed by atoms with E-state index >= 15 is 0 Å². The maximum Gasteiger partial charge on any atom is 0.339 e. The van der Waals surface area contributed by atoms with E-state index in [1.807, 2.05) is 0 Å². The molecule has 6 nitrogen and oxygen atoms in total. The first-order valence-corrected chi connectivity index (χ1v) is 7.26. The summed E-state index contributed by atoms with van der Waals surface area (Å²) in [6.45, 7) is 1.39. The van der Waals surface area contributed by atoms with Crippen molar-refractivity contribution in [2.24, 2.45) is 0 Å². The Bertz CT molecular complexity index is 769. The molecule has 0 aliphatic carbocycles. The second kappa shape index (κ2) is 7.74. The Hall–Kier alpha value is -2.67. The number of hydrogen-bond acceptors (Lipinski definition) is 5. The first-order valence-electron chi connectivity index (χ1n) is 6.88. The van der Waals surface area contributed by atoms with E-state index in [4.69, 9.17) is 21.1 Å². The predicted molar refractivity (Wildman–Crippen MR) is 85.7 cm³/mol. The number of ether oxygens (including phenoxy) is 2. The van der Waals surface area contributed by atoms with Crippen molar-refractivity contribution in [3.8, 4) is 5.75 Å². The molecule has 126 valence electrons. The van der Waals surface area contributed by atoms with Crippen LogP contribution in [0, 0.1) is 5.82 Å². The topological polar surface area (TPSA) is 77.5 Å². The highest BCUT2D eigenvalue weighted by atomic mass is 35.5. The Kier molecular flexibility index (Phi) is 5.70. The highest BCUT2D eigenvalue weighted by molar-refractivity contribution is 6.32. The normalized spacial score (nSPS) is 11.5. The van der Waals surface area contributed by atoms with E-state index in [-0.39, 0.29) is 16.5 Å². The number of carbonyl (C=O) groups excluding carboxylic acids is 2. The molecule has 1 aromatic carbocycles. The molecular formula is C16H14ClFN2O4. The van der Waals surface area contributed by atoms with Crippen molar-refractivity contribution in [1.82, 2.24) is 4.98 Å². The zero-order chi connectivity index (χ0) is 17.7. The van der Waals surface area contributed by atoms with Gasteiger partial charge in [-0.15, -0.1) is 0 Å². The highest BCUT2D eigenvalue weighted by Crippen LogP contribution is 2.20. The molecule has 1 N–H and O–H groups in total. The van der Waals surface area contributed by atoms with Gasteiger partial charge in [0.05, 0.1) is 18.4 Å². The van der Waals surface area contributed by atoms with Gasteiger partial charge in [0.1, 0.15) is 0 Å². The van der Waals surface area contributed by atoms with Crippen LogP contribution in [0.4, 0.5) is 10.1 Å². The second-order valence-electron chi connectivity index (χ2n) is 4.73. The molecule has 0 unspecified atom stereocenters. The number of esters is 1. The molecule has 0 spiro atoms. The van der Waals surface area contributed by atoms with E-state index in [1.165, 1.54) is 32.4 Å². The fourth-order valence-corrected chi connectivity index (χ4v) is 1.96. The molecule has 0 aliphatic rings. The lowest BCUT2D eigenvalue weighted by atomic mass is 10.2. The van der Waals surface area contributed by atoms with Crippen LogP contribution in [0.15, 0.2) is 36.5 Å². The summed E-state index contributed by atoms with van der Waals surface area (Å²) in [7, 11) is 1.31. The Morgan fingerprint density at radius 3 is 2.71 bits per heavy atom. The number of rotatable bonds is 5. The molecule has 0 fully saturated rings. The first kappa shape index (κ1) is 17.7. The minimum atomic E-state index is -1.11. The third-order valence-corrected chi connectivity index (χ3v) is 3.36. The molecule has 0 saturated heterocycles. The minimum Gasteiger partial charge on any atom is -0.494 e. The van der Waals surface area contributed by atoms with Gasteiger partial charge in [0.25, 0.3) is 5.91 Å². The van der Waals surface area contributed by atoms with Gasteiger partial charge in [-0.05, 0) is 37.3 Å². The van der Waals surface area contributed by atoms with Crippen molar-refractivity contribution in [3.63, 3.8) is 0 Å². The van der Waals surface area contributed by atoms with Crippen LogP contribution in [0.5, 0.6) is 5.75 Å². The fraction of sp³-hybridized carbons (Fsp3) is 0.188. The Morgan fingerprint density at radius 2 is 2.08 bits per heavy atom. The molecule has 24 heavy (non-hydrogen) atoms. The molecule has 0 bridgehead atoms. The molecule has 1 atom stereocenters. The number of methoxy groups -OCH3 is 1. The van der Waals surface area contributed by atoms with Gasteiger partial charge in [-0.2, -0.15) is 0 Å². The third-order valence-electron chi connectivity index (χ3n) is 3.06. The lowest BCUT2D eigenvalue weighted by molar-refractivity contribution is -0.123. The van der Waals surface area contributed by atoms with Crippen LogP contribution in [0.2, 0.25) is 5.15 Å². The van der Waals surface area contributed by atoms with E-state index < -0.39 is 23.8 Å². The lowest BCUT2D eigenvalue weighted by Gasteiger charge is -2.14. The van der Waals surface area contributed by atoms with E-state index in [0.29, 0.717) is 5.69 Å². The van der Waals surface area contributed by atoms with Crippen LogP contribution in [-0.4, -0.2) is 30.1 Å². The smallest absolute Gasteiger partial charge is 0.339 e. The van der Waals surface area contributed by atoms with Gasteiger partial charge >= 0.3 is 5.97 Å². The number of pyridine rings is 1. The summed E-state index contributed by atoms with van der Waals surface area (Å²) in [6, 6.07) is 6.77. The molecule has 0 aliphatic heterocycles. The summed E-state index contributed by atoms with van der Waals surface area (Å²) in [5, 5.41) is 2.60. The molecule has 2 aromatic rings. The number of anilines is 1. The Morgan fingerprint density at radius 1 is 1.33 bits per heavy atom. The van der Waals surface area contributed by atoms with Crippen molar-refractivity contribution in [1.29, 1.82) is 0 Å². The van der Waals surface area contributed by atoms with Crippen molar-refractivity contribution in [2.45, 2.75) is 13.0 Å². The zero-order valence-corrected chi connectivity index (χ0v) is 13.6. The lowest BCUT2D eigenvalue weighted by Crippen LogP contribution is -2.30. The van der Waals surface area contributed by atoms with Gasteiger partial charge in [-0.3, -0.25) is 4.79 Å². The maximum absolute atomic E-state index is 13.6. The third kappa shape index (κ3) is 4.20. The first-order chi connectivity index (χ1) is 11.4. The number of hydrogen-bond donors (Lipinski definition) is 1.